The third-order valence-electron chi connectivity index (χ3n) is 1.59. The van der Waals surface area contributed by atoms with Crippen LogP contribution < -0.4 is 11.1 Å². The summed E-state index contributed by atoms with van der Waals surface area (Å²) in [5.74, 6) is -1.74. The number of hydrogen-bond acceptors (Lipinski definition) is 4. The number of nitrogens with one attached hydrogen (secondary N) is 1. The molecule has 2 amide bonds. The van der Waals surface area contributed by atoms with E-state index >= 15 is 0 Å². The molecule has 1 aromatic rings. The lowest BCUT2D eigenvalue weighted by Gasteiger charge is -2.06. The Bertz CT molecular complexity index is 389. The fraction of sp³-hybridized carbons (Fsp3) is 0. The van der Waals surface area contributed by atoms with Crippen LogP contribution in [0.3, 0.4) is 0 Å². The third-order valence-corrected chi connectivity index (χ3v) is 1.59. The first-order chi connectivity index (χ1) is 6.56. The van der Waals surface area contributed by atoms with Gasteiger partial charge in [0.25, 0.3) is 5.91 Å². The van der Waals surface area contributed by atoms with Gasteiger partial charge in [0.05, 0.1) is 11.3 Å². The highest BCUT2D eigenvalue weighted by Gasteiger charge is 2.12. The quantitative estimate of drug-likeness (QED) is 0.303. The molecule has 14 heavy (non-hydrogen) atoms. The summed E-state index contributed by atoms with van der Waals surface area (Å²) in [6.07, 6.45) is 0.332. The molecule has 0 spiro atoms. The lowest BCUT2D eigenvalue weighted by atomic mass is 10.1. The van der Waals surface area contributed by atoms with Crippen LogP contribution in [0.2, 0.25) is 0 Å². The minimum absolute atomic E-state index is 0.0443. The molecule has 0 fully saturated rings. The van der Waals surface area contributed by atoms with E-state index in [9.17, 15) is 9.59 Å². The molecule has 0 atom stereocenters. The van der Waals surface area contributed by atoms with E-state index in [-0.39, 0.29) is 11.3 Å². The normalized spacial score (nSPS) is 9.43. The van der Waals surface area contributed by atoms with Crippen LogP contribution in [0.1, 0.15) is 10.4 Å². The van der Waals surface area contributed by atoms with E-state index in [1.165, 1.54) is 0 Å². The Hall–Kier alpha value is -2.24. The van der Waals surface area contributed by atoms with Gasteiger partial charge in [-0.25, -0.2) is 0 Å². The Morgan fingerprint density at radius 2 is 1.93 bits per heavy atom. The Kier molecular flexibility index (Phi) is 2.57. The molecule has 0 heterocycles. The number of phenolic OH excluding ortho intramolecular Hbond substituents is 2. The highest BCUT2D eigenvalue weighted by molar-refractivity contribution is 6.01. The van der Waals surface area contributed by atoms with Crippen LogP contribution in [-0.4, -0.2) is 22.5 Å². The van der Waals surface area contributed by atoms with Gasteiger partial charge in [0.1, 0.15) is 0 Å². The number of primary amides is 1. The van der Waals surface area contributed by atoms with Crippen molar-refractivity contribution in [3.63, 3.8) is 0 Å². The number of amides is 2. The maximum absolute atomic E-state index is 10.8. The zero-order valence-electron chi connectivity index (χ0n) is 7.02. The molecule has 1 aromatic carbocycles. The van der Waals surface area contributed by atoms with Gasteiger partial charge in [-0.3, -0.25) is 9.59 Å². The van der Waals surface area contributed by atoms with E-state index in [1.54, 1.807) is 0 Å². The zero-order valence-corrected chi connectivity index (χ0v) is 7.02. The predicted octanol–water partition coefficient (Wildman–Crippen LogP) is -0.235. The summed E-state index contributed by atoms with van der Waals surface area (Å²) in [5.41, 5.74) is 4.94. The number of aromatic hydroxyl groups is 2. The van der Waals surface area contributed by atoms with Gasteiger partial charge < -0.3 is 21.3 Å². The van der Waals surface area contributed by atoms with Gasteiger partial charge in [-0.1, -0.05) is 0 Å². The van der Waals surface area contributed by atoms with Crippen LogP contribution in [0, 0.1) is 0 Å². The number of phenols is 2. The average Bonchev–Trinajstić information content (AvgIpc) is 2.11. The van der Waals surface area contributed by atoms with Gasteiger partial charge in [-0.2, -0.15) is 0 Å². The first-order valence-electron chi connectivity index (χ1n) is 3.62. The lowest BCUT2D eigenvalue weighted by Crippen LogP contribution is -2.13. The van der Waals surface area contributed by atoms with Gasteiger partial charge in [0, 0.05) is 6.07 Å². The molecule has 0 radical (unpaired) electrons. The monoisotopic (exact) mass is 196 g/mol. The molecule has 0 saturated heterocycles. The van der Waals surface area contributed by atoms with E-state index in [4.69, 9.17) is 15.9 Å². The van der Waals surface area contributed by atoms with E-state index in [1.807, 2.05) is 0 Å². The molecule has 0 aliphatic carbocycles. The Morgan fingerprint density at radius 1 is 1.36 bits per heavy atom. The molecule has 5 N–H and O–H groups in total. The van der Waals surface area contributed by atoms with Crippen molar-refractivity contribution in [2.45, 2.75) is 0 Å². The Morgan fingerprint density at radius 3 is 2.43 bits per heavy atom. The van der Waals surface area contributed by atoms with Crippen molar-refractivity contribution in [3.05, 3.63) is 17.7 Å². The van der Waals surface area contributed by atoms with Crippen LogP contribution in [0.15, 0.2) is 12.1 Å². The summed E-state index contributed by atoms with van der Waals surface area (Å²) in [4.78, 5) is 21.0. The second-order valence-electron chi connectivity index (χ2n) is 2.51. The smallest absolute Gasteiger partial charge is 0.250 e. The molecule has 1 rings (SSSR count). The van der Waals surface area contributed by atoms with Crippen molar-refractivity contribution in [1.82, 2.24) is 0 Å². The van der Waals surface area contributed by atoms with Crippen LogP contribution in [-0.2, 0) is 4.79 Å². The first-order valence-corrected chi connectivity index (χ1v) is 3.62. The van der Waals surface area contributed by atoms with E-state index in [0.29, 0.717) is 6.41 Å². The molecule has 0 aliphatic heterocycles. The van der Waals surface area contributed by atoms with Crippen molar-refractivity contribution in [2.24, 2.45) is 5.73 Å². The van der Waals surface area contributed by atoms with Crippen LogP contribution in [0.25, 0.3) is 0 Å². The second kappa shape index (κ2) is 3.65. The van der Waals surface area contributed by atoms with Crippen LogP contribution in [0.4, 0.5) is 5.69 Å². The highest BCUT2D eigenvalue weighted by atomic mass is 16.3. The molecule has 0 aromatic heterocycles. The van der Waals surface area contributed by atoms with E-state index in [0.717, 1.165) is 12.1 Å². The molecule has 6 heteroatoms. The molecular formula is C8H8N2O4. The third kappa shape index (κ3) is 1.74. The summed E-state index contributed by atoms with van der Waals surface area (Å²) >= 11 is 0. The molecule has 0 saturated carbocycles. The topological polar surface area (TPSA) is 113 Å². The van der Waals surface area contributed by atoms with Gasteiger partial charge in [-0.15, -0.1) is 0 Å². The summed E-state index contributed by atoms with van der Waals surface area (Å²) in [6.45, 7) is 0. The summed E-state index contributed by atoms with van der Waals surface area (Å²) in [7, 11) is 0. The predicted molar refractivity (Wildman–Crippen MR) is 48.0 cm³/mol. The SMILES string of the molecule is NC(=O)c1cc(O)c(O)cc1NC=O. The minimum Gasteiger partial charge on any atom is -0.504 e. The van der Waals surface area contributed by atoms with Gasteiger partial charge in [0.15, 0.2) is 11.5 Å². The van der Waals surface area contributed by atoms with Gasteiger partial charge in [0.2, 0.25) is 6.41 Å². The summed E-state index contributed by atoms with van der Waals surface area (Å²) in [6, 6.07) is 2.01. The first kappa shape index (κ1) is 9.85. The summed E-state index contributed by atoms with van der Waals surface area (Å²) < 4.78 is 0. The van der Waals surface area contributed by atoms with Crippen LogP contribution in [0.5, 0.6) is 11.5 Å². The number of benzene rings is 1. The van der Waals surface area contributed by atoms with Crippen molar-refractivity contribution < 1.29 is 19.8 Å². The fourth-order valence-electron chi connectivity index (χ4n) is 0.964. The van der Waals surface area contributed by atoms with Crippen molar-refractivity contribution >= 4 is 18.0 Å². The lowest BCUT2D eigenvalue weighted by molar-refractivity contribution is -0.105. The number of nitrogens with two attached hydrogens (primary N) is 1. The average molecular weight is 196 g/mol. The Labute approximate surface area is 79.0 Å². The molecule has 0 aliphatic rings. The standard InChI is InChI=1S/C8H8N2O4/c9-8(14)4-1-6(12)7(13)2-5(4)10-3-11/h1-3,12-13H,(H2,9,14)(H,10,11). The summed E-state index contributed by atoms with van der Waals surface area (Å²) in [5, 5.41) is 20.3. The number of anilines is 1. The van der Waals surface area contributed by atoms with Gasteiger partial charge in [-0.05, 0) is 6.07 Å². The van der Waals surface area contributed by atoms with Crippen molar-refractivity contribution in [1.29, 1.82) is 0 Å². The maximum Gasteiger partial charge on any atom is 0.250 e. The largest absolute Gasteiger partial charge is 0.504 e. The van der Waals surface area contributed by atoms with Crippen LogP contribution >= 0.6 is 0 Å². The van der Waals surface area contributed by atoms with E-state index in [2.05, 4.69) is 5.32 Å². The highest BCUT2D eigenvalue weighted by Crippen LogP contribution is 2.30. The number of rotatable bonds is 3. The zero-order chi connectivity index (χ0) is 10.7. The Balaban J connectivity index is 3.30. The molecule has 0 unspecified atom stereocenters. The molecule has 0 bridgehead atoms. The fourth-order valence-corrected chi connectivity index (χ4v) is 0.964. The molecule has 74 valence electrons. The molecule has 6 nitrogen and oxygen atoms in total. The second-order valence-corrected chi connectivity index (χ2v) is 2.51. The van der Waals surface area contributed by atoms with Gasteiger partial charge >= 0.3 is 0 Å². The van der Waals surface area contributed by atoms with Crippen molar-refractivity contribution in [3.8, 4) is 11.5 Å². The molecular weight excluding hydrogens is 188 g/mol. The minimum atomic E-state index is -0.815. The van der Waals surface area contributed by atoms with Crippen molar-refractivity contribution in [2.75, 3.05) is 5.32 Å². The number of hydrogen-bond donors (Lipinski definition) is 4. The number of carbonyl (C=O) groups excluding carboxylic acids is 2. The van der Waals surface area contributed by atoms with E-state index < -0.39 is 17.4 Å². The maximum atomic E-state index is 10.8. The number of carbonyl (C=O) groups is 2.